The summed E-state index contributed by atoms with van der Waals surface area (Å²) >= 11 is 0. The third-order valence-electron chi connectivity index (χ3n) is 2.89. The van der Waals surface area contributed by atoms with Gasteiger partial charge in [0.05, 0.1) is 0 Å². The van der Waals surface area contributed by atoms with E-state index in [-0.39, 0.29) is 12.6 Å². The number of nitrogens with two attached hydrogens (primary N) is 1. The van der Waals surface area contributed by atoms with Gasteiger partial charge in [-0.25, -0.2) is 0 Å². The summed E-state index contributed by atoms with van der Waals surface area (Å²) in [6.07, 6.45) is 3.24. The molecule has 0 radical (unpaired) electrons. The smallest absolute Gasteiger partial charge is 0.287 e. The van der Waals surface area contributed by atoms with Crippen molar-refractivity contribution in [2.45, 2.75) is 0 Å². The number of hydrogen-bond donors (Lipinski definition) is 1. The quantitative estimate of drug-likeness (QED) is 0.786. The van der Waals surface area contributed by atoms with Crippen LogP contribution in [0.2, 0.25) is 0 Å². The molecule has 7 nitrogen and oxygen atoms in total. The van der Waals surface area contributed by atoms with Gasteiger partial charge >= 0.3 is 0 Å². The summed E-state index contributed by atoms with van der Waals surface area (Å²) < 4.78 is 6.42. The van der Waals surface area contributed by atoms with Gasteiger partial charge in [0.1, 0.15) is 5.75 Å². The summed E-state index contributed by atoms with van der Waals surface area (Å²) in [6, 6.07) is 12.6. The number of nitrogen functional groups attached to an aromatic ring is 1. The molecule has 2 N–H and O–H groups in total. The van der Waals surface area contributed by atoms with Crippen molar-refractivity contribution in [2.24, 2.45) is 0 Å². The van der Waals surface area contributed by atoms with Crippen LogP contribution in [0.15, 0.2) is 54.9 Å². The molecule has 0 aliphatic rings. The Hall–Kier alpha value is -3.22. The highest BCUT2D eigenvalue weighted by molar-refractivity contribution is 5.82. The van der Waals surface area contributed by atoms with Crippen molar-refractivity contribution in [3.8, 4) is 17.1 Å². The molecule has 0 amide bonds. The second-order valence-corrected chi connectivity index (χ2v) is 4.44. The van der Waals surface area contributed by atoms with E-state index in [0.29, 0.717) is 17.1 Å². The van der Waals surface area contributed by atoms with E-state index in [9.17, 15) is 4.79 Å². The average Bonchev–Trinajstić information content (AvgIpc) is 2.96. The first-order chi connectivity index (χ1) is 10.7. The zero-order valence-electron chi connectivity index (χ0n) is 11.6. The SMILES string of the molecule is Nc1nc(-c2cccnc2)nn1C(=O)COc1ccccc1. The molecule has 0 saturated carbocycles. The lowest BCUT2D eigenvalue weighted by Gasteiger charge is -2.05. The number of rotatable bonds is 4. The molecule has 0 atom stereocenters. The highest BCUT2D eigenvalue weighted by atomic mass is 16.5. The molecule has 0 unspecified atom stereocenters. The van der Waals surface area contributed by atoms with Gasteiger partial charge in [0.15, 0.2) is 12.4 Å². The maximum atomic E-state index is 12.1. The molecule has 0 aliphatic carbocycles. The molecule has 2 aromatic heterocycles. The Morgan fingerprint density at radius 1 is 1.18 bits per heavy atom. The van der Waals surface area contributed by atoms with Crippen molar-refractivity contribution in [3.05, 3.63) is 54.9 Å². The number of aromatic nitrogens is 4. The number of pyridine rings is 1. The number of nitrogens with zero attached hydrogens (tertiary/aromatic N) is 4. The number of para-hydroxylation sites is 1. The molecular weight excluding hydrogens is 282 g/mol. The van der Waals surface area contributed by atoms with E-state index in [0.717, 1.165) is 4.68 Å². The Bertz CT molecular complexity index is 771. The van der Waals surface area contributed by atoms with Crippen LogP contribution in [-0.2, 0) is 0 Å². The van der Waals surface area contributed by atoms with Gasteiger partial charge in [-0.3, -0.25) is 9.78 Å². The predicted octanol–water partition coefficient (Wildman–Crippen LogP) is 1.64. The number of benzene rings is 1. The molecule has 3 aromatic rings. The molecule has 0 fully saturated rings. The topological polar surface area (TPSA) is 95.9 Å². The van der Waals surface area contributed by atoms with E-state index in [1.165, 1.54) is 0 Å². The van der Waals surface area contributed by atoms with Crippen molar-refractivity contribution in [2.75, 3.05) is 12.3 Å². The molecular formula is C15H13N5O2. The summed E-state index contributed by atoms with van der Waals surface area (Å²) in [5, 5.41) is 4.10. The van der Waals surface area contributed by atoms with Crippen LogP contribution in [-0.4, -0.2) is 32.3 Å². The maximum absolute atomic E-state index is 12.1. The zero-order chi connectivity index (χ0) is 15.4. The molecule has 7 heteroatoms. The molecule has 2 heterocycles. The van der Waals surface area contributed by atoms with Crippen LogP contribution in [0.5, 0.6) is 5.75 Å². The summed E-state index contributed by atoms with van der Waals surface area (Å²) in [7, 11) is 0. The third kappa shape index (κ3) is 2.93. The Labute approximate surface area is 126 Å². The lowest BCUT2D eigenvalue weighted by atomic mass is 10.3. The van der Waals surface area contributed by atoms with Gasteiger partial charge in [-0.15, -0.1) is 5.10 Å². The Morgan fingerprint density at radius 3 is 2.73 bits per heavy atom. The first-order valence-electron chi connectivity index (χ1n) is 6.58. The first kappa shape index (κ1) is 13.7. The van der Waals surface area contributed by atoms with Crippen LogP contribution in [0.1, 0.15) is 4.79 Å². The predicted molar refractivity (Wildman–Crippen MR) is 80.2 cm³/mol. The fourth-order valence-corrected chi connectivity index (χ4v) is 1.85. The molecule has 110 valence electrons. The molecule has 22 heavy (non-hydrogen) atoms. The van der Waals surface area contributed by atoms with E-state index in [4.69, 9.17) is 10.5 Å². The van der Waals surface area contributed by atoms with Gasteiger partial charge in [-0.1, -0.05) is 18.2 Å². The number of carbonyl (C=O) groups is 1. The standard InChI is InChI=1S/C15H13N5O2/c16-15-18-14(11-5-4-8-17-9-11)19-20(15)13(21)10-22-12-6-2-1-3-7-12/h1-9H,10H2,(H2,16,18,19). The average molecular weight is 295 g/mol. The Balaban J connectivity index is 1.74. The van der Waals surface area contributed by atoms with Gasteiger partial charge in [-0.05, 0) is 24.3 Å². The van der Waals surface area contributed by atoms with Crippen molar-refractivity contribution < 1.29 is 9.53 Å². The molecule has 1 aromatic carbocycles. The van der Waals surface area contributed by atoms with Gasteiger partial charge in [0.2, 0.25) is 5.95 Å². The summed E-state index contributed by atoms with van der Waals surface area (Å²) in [5.41, 5.74) is 6.43. The molecule has 0 bridgehead atoms. The van der Waals surface area contributed by atoms with Crippen LogP contribution in [0.3, 0.4) is 0 Å². The van der Waals surface area contributed by atoms with Crippen LogP contribution >= 0.6 is 0 Å². The molecule has 3 rings (SSSR count). The van der Waals surface area contributed by atoms with Crippen molar-refractivity contribution in [1.29, 1.82) is 0 Å². The lowest BCUT2D eigenvalue weighted by molar-refractivity contribution is 0.0824. The molecule has 0 saturated heterocycles. The van der Waals surface area contributed by atoms with Crippen molar-refractivity contribution >= 4 is 11.9 Å². The minimum atomic E-state index is -0.399. The highest BCUT2D eigenvalue weighted by Gasteiger charge is 2.15. The van der Waals surface area contributed by atoms with Gasteiger partial charge in [0.25, 0.3) is 5.91 Å². The molecule has 0 aliphatic heterocycles. The van der Waals surface area contributed by atoms with Crippen molar-refractivity contribution in [3.63, 3.8) is 0 Å². The van der Waals surface area contributed by atoms with E-state index >= 15 is 0 Å². The normalized spacial score (nSPS) is 10.4. The number of carbonyl (C=O) groups excluding carboxylic acids is 1. The van der Waals surface area contributed by atoms with E-state index in [2.05, 4.69) is 15.1 Å². The van der Waals surface area contributed by atoms with Crippen LogP contribution in [0.4, 0.5) is 5.95 Å². The zero-order valence-corrected chi connectivity index (χ0v) is 11.6. The van der Waals surface area contributed by atoms with Crippen LogP contribution in [0, 0.1) is 0 Å². The Kier molecular flexibility index (Phi) is 3.78. The highest BCUT2D eigenvalue weighted by Crippen LogP contribution is 2.15. The monoisotopic (exact) mass is 295 g/mol. The van der Waals surface area contributed by atoms with Crippen LogP contribution < -0.4 is 10.5 Å². The maximum Gasteiger partial charge on any atom is 0.287 e. The minimum absolute atomic E-state index is 0.0144. The largest absolute Gasteiger partial charge is 0.484 e. The van der Waals surface area contributed by atoms with E-state index in [1.807, 2.05) is 18.2 Å². The summed E-state index contributed by atoms with van der Waals surface area (Å²) in [4.78, 5) is 20.2. The minimum Gasteiger partial charge on any atom is -0.484 e. The lowest BCUT2D eigenvalue weighted by Crippen LogP contribution is -2.22. The van der Waals surface area contributed by atoms with E-state index < -0.39 is 5.91 Å². The van der Waals surface area contributed by atoms with Gasteiger partial charge in [0, 0.05) is 18.0 Å². The van der Waals surface area contributed by atoms with Gasteiger partial charge in [-0.2, -0.15) is 9.67 Å². The number of ether oxygens (including phenoxy) is 1. The first-order valence-corrected chi connectivity index (χ1v) is 6.58. The summed E-state index contributed by atoms with van der Waals surface area (Å²) in [6.45, 7) is -0.177. The second-order valence-electron chi connectivity index (χ2n) is 4.44. The third-order valence-corrected chi connectivity index (χ3v) is 2.89. The fraction of sp³-hybridized carbons (Fsp3) is 0.0667. The number of anilines is 1. The Morgan fingerprint density at radius 2 is 2.00 bits per heavy atom. The van der Waals surface area contributed by atoms with Gasteiger partial charge < -0.3 is 10.5 Å². The number of hydrogen-bond acceptors (Lipinski definition) is 6. The second kappa shape index (κ2) is 6.04. The fourth-order valence-electron chi connectivity index (χ4n) is 1.85. The van der Waals surface area contributed by atoms with Crippen molar-refractivity contribution in [1.82, 2.24) is 19.7 Å². The molecule has 0 spiro atoms. The van der Waals surface area contributed by atoms with E-state index in [1.54, 1.807) is 36.7 Å². The summed E-state index contributed by atoms with van der Waals surface area (Å²) in [5.74, 6) is 0.560. The van der Waals surface area contributed by atoms with Crippen LogP contribution in [0.25, 0.3) is 11.4 Å².